The molecule has 0 aliphatic carbocycles. The molecule has 0 aliphatic rings. The summed E-state index contributed by atoms with van der Waals surface area (Å²) in [6.45, 7) is 0. The minimum Gasteiger partial charge on any atom is -0.325 e. The molecule has 0 saturated carbocycles. The number of hydrogen-bond donors (Lipinski definition) is 1. The highest BCUT2D eigenvalue weighted by Crippen LogP contribution is 2.23. The van der Waals surface area contributed by atoms with Crippen LogP contribution in [-0.4, -0.2) is 5.91 Å². The summed E-state index contributed by atoms with van der Waals surface area (Å²) in [4.78, 5) is 11.3. The van der Waals surface area contributed by atoms with Gasteiger partial charge in [0.05, 0.1) is 5.69 Å². The molecule has 0 unspecified atom stereocenters. The van der Waals surface area contributed by atoms with Gasteiger partial charge in [0.2, 0.25) is 5.91 Å². The van der Waals surface area contributed by atoms with Crippen LogP contribution in [-0.2, 0) is 4.79 Å². The van der Waals surface area contributed by atoms with Gasteiger partial charge in [-0.15, -0.1) is 12.3 Å². The summed E-state index contributed by atoms with van der Waals surface area (Å²) >= 11 is 3.15. The van der Waals surface area contributed by atoms with Gasteiger partial charge in [-0.05, 0) is 34.1 Å². The Morgan fingerprint density at radius 2 is 2.33 bits per heavy atom. The summed E-state index contributed by atoms with van der Waals surface area (Å²) in [6, 6.07) is 4.06. The summed E-state index contributed by atoms with van der Waals surface area (Å²) in [7, 11) is 0. The Morgan fingerprint density at radius 3 is 2.93 bits per heavy atom. The number of halogens is 2. The number of nitrogens with one attached hydrogen (secondary N) is 1. The van der Waals surface area contributed by atoms with Gasteiger partial charge in [-0.1, -0.05) is 0 Å². The SMILES string of the molecule is C#CCCC(=O)Nc1ccc(F)cc1Br. The van der Waals surface area contributed by atoms with E-state index in [1.807, 2.05) is 0 Å². The van der Waals surface area contributed by atoms with Gasteiger partial charge in [-0.25, -0.2) is 4.39 Å². The normalized spacial score (nSPS) is 9.40. The second kappa shape index (κ2) is 5.52. The van der Waals surface area contributed by atoms with Crippen LogP contribution in [0.4, 0.5) is 10.1 Å². The molecule has 0 spiro atoms. The lowest BCUT2D eigenvalue weighted by atomic mass is 10.2. The van der Waals surface area contributed by atoms with Crippen molar-refractivity contribution in [3.63, 3.8) is 0 Å². The molecule has 1 rings (SSSR count). The molecule has 1 aromatic carbocycles. The number of rotatable bonds is 3. The fraction of sp³-hybridized carbons (Fsp3) is 0.182. The largest absolute Gasteiger partial charge is 0.325 e. The maximum absolute atomic E-state index is 12.7. The van der Waals surface area contributed by atoms with Crippen molar-refractivity contribution in [1.82, 2.24) is 0 Å². The van der Waals surface area contributed by atoms with Crippen LogP contribution in [0.25, 0.3) is 0 Å². The van der Waals surface area contributed by atoms with E-state index in [1.165, 1.54) is 18.2 Å². The predicted octanol–water partition coefficient (Wildman–Crippen LogP) is 2.94. The van der Waals surface area contributed by atoms with Crippen molar-refractivity contribution in [1.29, 1.82) is 0 Å². The van der Waals surface area contributed by atoms with E-state index in [4.69, 9.17) is 6.42 Å². The fourth-order valence-corrected chi connectivity index (χ4v) is 1.44. The minimum atomic E-state index is -0.358. The zero-order chi connectivity index (χ0) is 11.3. The monoisotopic (exact) mass is 269 g/mol. The molecule has 4 heteroatoms. The van der Waals surface area contributed by atoms with Gasteiger partial charge >= 0.3 is 0 Å². The first-order chi connectivity index (χ1) is 7.13. The Labute approximate surface area is 96.0 Å². The molecule has 0 radical (unpaired) electrons. The van der Waals surface area contributed by atoms with Crippen molar-refractivity contribution in [3.8, 4) is 12.3 Å². The van der Waals surface area contributed by atoms with Gasteiger partial charge in [-0.3, -0.25) is 4.79 Å². The summed E-state index contributed by atoms with van der Waals surface area (Å²) in [5.74, 6) is 1.84. The molecular formula is C11H9BrFNO. The molecule has 1 N–H and O–H groups in total. The van der Waals surface area contributed by atoms with Crippen LogP contribution in [0, 0.1) is 18.2 Å². The second-order valence-electron chi connectivity index (χ2n) is 2.88. The Balaban J connectivity index is 2.65. The third-order valence-electron chi connectivity index (χ3n) is 1.70. The molecule has 1 amide bonds. The quantitative estimate of drug-likeness (QED) is 0.840. The zero-order valence-electron chi connectivity index (χ0n) is 7.89. The average Bonchev–Trinajstić information content (AvgIpc) is 2.19. The first kappa shape index (κ1) is 11.7. The van der Waals surface area contributed by atoms with E-state index in [1.54, 1.807) is 0 Å². The van der Waals surface area contributed by atoms with E-state index in [0.717, 1.165) is 0 Å². The van der Waals surface area contributed by atoms with Crippen molar-refractivity contribution < 1.29 is 9.18 Å². The third-order valence-corrected chi connectivity index (χ3v) is 2.36. The number of terminal acetylenes is 1. The smallest absolute Gasteiger partial charge is 0.225 e. The van der Waals surface area contributed by atoms with Crippen LogP contribution < -0.4 is 5.32 Å². The molecule has 0 fully saturated rings. The van der Waals surface area contributed by atoms with Crippen LogP contribution in [0.2, 0.25) is 0 Å². The molecule has 2 nitrogen and oxygen atoms in total. The Morgan fingerprint density at radius 1 is 1.60 bits per heavy atom. The lowest BCUT2D eigenvalue weighted by Crippen LogP contribution is -2.11. The van der Waals surface area contributed by atoms with Crippen LogP contribution in [0.3, 0.4) is 0 Å². The molecule has 0 heterocycles. The van der Waals surface area contributed by atoms with Gasteiger partial charge in [0.25, 0.3) is 0 Å². The Hall–Kier alpha value is -1.34. The van der Waals surface area contributed by atoms with Gasteiger partial charge in [-0.2, -0.15) is 0 Å². The highest BCUT2D eigenvalue weighted by Gasteiger charge is 2.05. The number of carbonyl (C=O) groups excluding carboxylic acids is 1. The standard InChI is InChI=1S/C11H9BrFNO/c1-2-3-4-11(15)14-10-6-5-8(13)7-9(10)12/h1,5-7H,3-4H2,(H,14,15). The maximum atomic E-state index is 12.7. The number of anilines is 1. The highest BCUT2D eigenvalue weighted by atomic mass is 79.9. The van der Waals surface area contributed by atoms with Crippen molar-refractivity contribution >= 4 is 27.5 Å². The summed E-state index contributed by atoms with van der Waals surface area (Å²) in [5, 5.41) is 2.62. The first-order valence-corrected chi connectivity index (χ1v) is 5.11. The van der Waals surface area contributed by atoms with Gasteiger partial charge in [0.1, 0.15) is 5.82 Å². The van der Waals surface area contributed by atoms with E-state index >= 15 is 0 Å². The third kappa shape index (κ3) is 3.72. The number of carbonyl (C=O) groups is 1. The second-order valence-corrected chi connectivity index (χ2v) is 3.73. The number of amides is 1. The molecule has 0 bridgehead atoms. The zero-order valence-corrected chi connectivity index (χ0v) is 9.47. The van der Waals surface area contributed by atoms with Gasteiger partial charge in [0, 0.05) is 17.3 Å². The van der Waals surface area contributed by atoms with E-state index < -0.39 is 0 Å². The first-order valence-electron chi connectivity index (χ1n) is 4.32. The lowest BCUT2D eigenvalue weighted by Gasteiger charge is -2.06. The molecule has 78 valence electrons. The summed E-state index contributed by atoms with van der Waals surface area (Å²) < 4.78 is 13.2. The molecule has 0 saturated heterocycles. The fourth-order valence-electron chi connectivity index (χ4n) is 0.989. The van der Waals surface area contributed by atoms with Crippen molar-refractivity contribution in [2.75, 3.05) is 5.32 Å². The van der Waals surface area contributed by atoms with Crippen LogP contribution in [0.15, 0.2) is 22.7 Å². The molecule has 0 aliphatic heterocycles. The molecule has 1 aromatic rings. The molecule has 0 atom stereocenters. The van der Waals surface area contributed by atoms with Crippen LogP contribution in [0.5, 0.6) is 0 Å². The minimum absolute atomic E-state index is 0.180. The van der Waals surface area contributed by atoms with Crippen molar-refractivity contribution in [2.45, 2.75) is 12.8 Å². The maximum Gasteiger partial charge on any atom is 0.225 e. The van der Waals surface area contributed by atoms with E-state index in [0.29, 0.717) is 16.6 Å². The van der Waals surface area contributed by atoms with E-state index in [9.17, 15) is 9.18 Å². The predicted molar refractivity (Wildman–Crippen MR) is 60.8 cm³/mol. The molecule has 0 aromatic heterocycles. The van der Waals surface area contributed by atoms with Crippen molar-refractivity contribution in [2.24, 2.45) is 0 Å². The van der Waals surface area contributed by atoms with Crippen LogP contribution in [0.1, 0.15) is 12.8 Å². The number of hydrogen-bond acceptors (Lipinski definition) is 1. The van der Waals surface area contributed by atoms with Crippen molar-refractivity contribution in [3.05, 3.63) is 28.5 Å². The van der Waals surface area contributed by atoms with Crippen LogP contribution >= 0.6 is 15.9 Å². The summed E-state index contributed by atoms with van der Waals surface area (Å²) in [6.07, 6.45) is 5.69. The average molecular weight is 270 g/mol. The van der Waals surface area contributed by atoms with Gasteiger partial charge < -0.3 is 5.32 Å². The van der Waals surface area contributed by atoms with E-state index in [2.05, 4.69) is 27.2 Å². The molecular weight excluding hydrogens is 261 g/mol. The summed E-state index contributed by atoms with van der Waals surface area (Å²) in [5.41, 5.74) is 0.540. The topological polar surface area (TPSA) is 29.1 Å². The van der Waals surface area contributed by atoms with E-state index in [-0.39, 0.29) is 18.1 Å². The lowest BCUT2D eigenvalue weighted by molar-refractivity contribution is -0.116. The number of benzene rings is 1. The Kier molecular flexibility index (Phi) is 4.32. The highest BCUT2D eigenvalue weighted by molar-refractivity contribution is 9.10. The molecule has 15 heavy (non-hydrogen) atoms. The Bertz CT molecular complexity index is 412. The van der Waals surface area contributed by atoms with Gasteiger partial charge in [0.15, 0.2) is 0 Å².